The van der Waals surface area contributed by atoms with Gasteiger partial charge in [0.15, 0.2) is 0 Å². The minimum absolute atomic E-state index is 0.0564. The molecule has 0 aliphatic carbocycles. The van der Waals surface area contributed by atoms with E-state index in [0.717, 1.165) is 22.1 Å². The summed E-state index contributed by atoms with van der Waals surface area (Å²) in [5, 5.41) is 4.95. The zero-order valence-corrected chi connectivity index (χ0v) is 12.5. The second-order valence-corrected chi connectivity index (χ2v) is 6.09. The summed E-state index contributed by atoms with van der Waals surface area (Å²) in [6, 6.07) is 9.96. The van der Waals surface area contributed by atoms with Crippen molar-refractivity contribution in [2.24, 2.45) is 0 Å². The van der Waals surface area contributed by atoms with Gasteiger partial charge in [-0.1, -0.05) is 22.0 Å². The fraction of sp³-hybridized carbons (Fsp3) is 0.214. The summed E-state index contributed by atoms with van der Waals surface area (Å²) in [6.07, 6.45) is 1.32. The summed E-state index contributed by atoms with van der Waals surface area (Å²) in [7, 11) is 0. The van der Waals surface area contributed by atoms with Crippen LogP contribution in [0.15, 0.2) is 40.2 Å². The van der Waals surface area contributed by atoms with E-state index < -0.39 is 0 Å². The van der Waals surface area contributed by atoms with Gasteiger partial charge in [0.2, 0.25) is 5.91 Å². The molecule has 0 unspecified atom stereocenters. The summed E-state index contributed by atoms with van der Waals surface area (Å²) in [5.74, 6) is 0.0564. The Hall–Kier alpha value is -1.13. The van der Waals surface area contributed by atoms with Crippen LogP contribution in [0.2, 0.25) is 0 Å². The van der Waals surface area contributed by atoms with Crippen LogP contribution in [0.1, 0.15) is 16.9 Å². The van der Waals surface area contributed by atoms with Crippen molar-refractivity contribution in [2.45, 2.75) is 19.8 Å². The first kappa shape index (κ1) is 13.3. The molecule has 0 bridgehead atoms. The molecule has 0 radical (unpaired) electrons. The lowest BCUT2D eigenvalue weighted by atomic mass is 10.2. The second kappa shape index (κ2) is 6.16. The van der Waals surface area contributed by atoms with Gasteiger partial charge < -0.3 is 5.32 Å². The quantitative estimate of drug-likeness (QED) is 0.888. The number of hydrogen-bond donors (Lipinski definition) is 1. The highest BCUT2D eigenvalue weighted by Gasteiger charge is 2.04. The number of hydrogen-bond acceptors (Lipinski definition) is 2. The summed E-state index contributed by atoms with van der Waals surface area (Å²) in [6.45, 7) is 2.01. The van der Waals surface area contributed by atoms with Crippen LogP contribution in [0.3, 0.4) is 0 Å². The van der Waals surface area contributed by atoms with E-state index in [4.69, 9.17) is 0 Å². The molecule has 94 valence electrons. The number of aryl methyl sites for hydroxylation is 2. The van der Waals surface area contributed by atoms with Crippen molar-refractivity contribution in [3.63, 3.8) is 0 Å². The number of carbonyl (C=O) groups excluding carboxylic acids is 1. The molecule has 1 N–H and O–H groups in total. The molecule has 0 aliphatic rings. The first-order valence-corrected chi connectivity index (χ1v) is 7.40. The van der Waals surface area contributed by atoms with Crippen molar-refractivity contribution in [2.75, 3.05) is 5.32 Å². The number of amides is 1. The SMILES string of the molecule is Cc1cc(Br)cc(NC(=O)CCc2cccs2)c1. The minimum Gasteiger partial charge on any atom is -0.326 e. The Morgan fingerprint density at radius 2 is 2.22 bits per heavy atom. The van der Waals surface area contributed by atoms with E-state index in [0.29, 0.717) is 6.42 Å². The number of carbonyl (C=O) groups is 1. The van der Waals surface area contributed by atoms with Crippen molar-refractivity contribution in [3.8, 4) is 0 Å². The Balaban J connectivity index is 1.90. The molecule has 2 rings (SSSR count). The number of thiophene rings is 1. The molecule has 2 nitrogen and oxygen atoms in total. The van der Waals surface area contributed by atoms with E-state index in [1.807, 2.05) is 36.6 Å². The van der Waals surface area contributed by atoms with Crippen LogP contribution >= 0.6 is 27.3 Å². The molecular formula is C14H14BrNOS. The fourth-order valence-electron chi connectivity index (χ4n) is 1.72. The lowest BCUT2D eigenvalue weighted by molar-refractivity contribution is -0.116. The standard InChI is InChI=1S/C14H14BrNOS/c1-10-7-11(15)9-12(8-10)16-14(17)5-4-13-3-2-6-18-13/h2-3,6-9H,4-5H2,1H3,(H,16,17). The molecule has 0 fully saturated rings. The molecule has 2 aromatic rings. The minimum atomic E-state index is 0.0564. The third-order valence-corrected chi connectivity index (χ3v) is 3.90. The Morgan fingerprint density at radius 1 is 1.39 bits per heavy atom. The average molecular weight is 324 g/mol. The van der Waals surface area contributed by atoms with Gasteiger partial charge in [-0.3, -0.25) is 4.79 Å². The second-order valence-electron chi connectivity index (χ2n) is 4.14. The highest BCUT2D eigenvalue weighted by molar-refractivity contribution is 9.10. The van der Waals surface area contributed by atoms with E-state index >= 15 is 0 Å². The zero-order valence-electron chi connectivity index (χ0n) is 10.1. The maximum atomic E-state index is 11.8. The number of anilines is 1. The maximum Gasteiger partial charge on any atom is 0.224 e. The average Bonchev–Trinajstić information content (AvgIpc) is 2.77. The molecule has 4 heteroatoms. The van der Waals surface area contributed by atoms with Crippen LogP contribution in [0.5, 0.6) is 0 Å². The first-order valence-electron chi connectivity index (χ1n) is 5.73. The van der Waals surface area contributed by atoms with E-state index in [1.54, 1.807) is 11.3 Å². The largest absolute Gasteiger partial charge is 0.326 e. The zero-order chi connectivity index (χ0) is 13.0. The summed E-state index contributed by atoms with van der Waals surface area (Å²) in [4.78, 5) is 13.1. The van der Waals surface area contributed by atoms with Crippen molar-refractivity contribution in [3.05, 3.63) is 50.6 Å². The third kappa shape index (κ3) is 3.96. The molecule has 18 heavy (non-hydrogen) atoms. The van der Waals surface area contributed by atoms with Crippen LogP contribution in [-0.4, -0.2) is 5.91 Å². The van der Waals surface area contributed by atoms with E-state index in [-0.39, 0.29) is 5.91 Å². The summed E-state index contributed by atoms with van der Waals surface area (Å²) in [5.41, 5.74) is 1.97. The van der Waals surface area contributed by atoms with Gasteiger partial charge in [0.05, 0.1) is 0 Å². The summed E-state index contributed by atoms with van der Waals surface area (Å²) < 4.78 is 0.982. The van der Waals surface area contributed by atoms with Gasteiger partial charge in [-0.05, 0) is 48.6 Å². The molecular weight excluding hydrogens is 310 g/mol. The van der Waals surface area contributed by atoms with Crippen LogP contribution < -0.4 is 5.32 Å². The van der Waals surface area contributed by atoms with Gasteiger partial charge in [0, 0.05) is 21.5 Å². The van der Waals surface area contributed by atoms with Crippen LogP contribution in [0.4, 0.5) is 5.69 Å². The molecule has 1 heterocycles. The Kier molecular flexibility index (Phi) is 4.55. The number of benzene rings is 1. The molecule has 0 saturated heterocycles. The highest BCUT2D eigenvalue weighted by atomic mass is 79.9. The topological polar surface area (TPSA) is 29.1 Å². The molecule has 0 spiro atoms. The van der Waals surface area contributed by atoms with Gasteiger partial charge in [0.25, 0.3) is 0 Å². The van der Waals surface area contributed by atoms with Crippen LogP contribution in [0.25, 0.3) is 0 Å². The number of halogens is 1. The molecule has 1 amide bonds. The molecule has 0 atom stereocenters. The van der Waals surface area contributed by atoms with Crippen molar-refractivity contribution in [1.82, 2.24) is 0 Å². The van der Waals surface area contributed by atoms with Crippen molar-refractivity contribution in [1.29, 1.82) is 0 Å². The van der Waals surface area contributed by atoms with Crippen LogP contribution in [-0.2, 0) is 11.2 Å². The Morgan fingerprint density at radius 3 is 2.89 bits per heavy atom. The van der Waals surface area contributed by atoms with Gasteiger partial charge in [-0.15, -0.1) is 11.3 Å². The molecule has 0 aliphatic heterocycles. The smallest absolute Gasteiger partial charge is 0.224 e. The number of rotatable bonds is 4. The molecule has 0 saturated carbocycles. The predicted octanol–water partition coefficient (Wildman–Crippen LogP) is 4.39. The lowest BCUT2D eigenvalue weighted by Gasteiger charge is -2.06. The summed E-state index contributed by atoms with van der Waals surface area (Å²) >= 11 is 5.11. The van der Waals surface area contributed by atoms with Crippen molar-refractivity contribution >= 4 is 38.9 Å². The predicted molar refractivity (Wildman–Crippen MR) is 80.1 cm³/mol. The fourth-order valence-corrected chi connectivity index (χ4v) is 3.04. The van der Waals surface area contributed by atoms with Crippen LogP contribution in [0, 0.1) is 6.92 Å². The molecule has 1 aromatic carbocycles. The third-order valence-electron chi connectivity index (χ3n) is 2.50. The van der Waals surface area contributed by atoms with Gasteiger partial charge in [0.1, 0.15) is 0 Å². The van der Waals surface area contributed by atoms with Gasteiger partial charge in [-0.25, -0.2) is 0 Å². The Labute approximate surface area is 119 Å². The first-order chi connectivity index (χ1) is 8.63. The number of nitrogens with one attached hydrogen (secondary N) is 1. The highest BCUT2D eigenvalue weighted by Crippen LogP contribution is 2.19. The van der Waals surface area contributed by atoms with Gasteiger partial charge in [-0.2, -0.15) is 0 Å². The maximum absolute atomic E-state index is 11.8. The van der Waals surface area contributed by atoms with Crippen molar-refractivity contribution < 1.29 is 4.79 Å². The van der Waals surface area contributed by atoms with Gasteiger partial charge >= 0.3 is 0 Å². The lowest BCUT2D eigenvalue weighted by Crippen LogP contribution is -2.12. The molecule has 1 aromatic heterocycles. The normalized spacial score (nSPS) is 10.3. The van der Waals surface area contributed by atoms with E-state index in [9.17, 15) is 4.79 Å². The van der Waals surface area contributed by atoms with E-state index in [2.05, 4.69) is 27.3 Å². The Bertz CT molecular complexity index is 516. The van der Waals surface area contributed by atoms with E-state index in [1.165, 1.54) is 4.88 Å². The monoisotopic (exact) mass is 323 g/mol.